The van der Waals surface area contributed by atoms with Crippen LogP contribution in [0.15, 0.2) is 71.9 Å². The fourth-order valence-corrected chi connectivity index (χ4v) is 4.82. The standard InChI is InChI=1S/C21H21N3O4S/c25-21(28-16-17-7-9-19(10-8-17)24-14-4-11-22-24)18-5-3-6-20(15-18)29(26,27)23-12-1-2-13-23/h3-11,14-15H,1-2,12-13,16H2. The van der Waals surface area contributed by atoms with E-state index in [4.69, 9.17) is 4.74 Å². The van der Waals surface area contributed by atoms with Crippen molar-refractivity contribution in [3.63, 3.8) is 0 Å². The van der Waals surface area contributed by atoms with Gasteiger partial charge >= 0.3 is 5.97 Å². The molecular weight excluding hydrogens is 390 g/mol. The second-order valence-electron chi connectivity index (χ2n) is 6.83. The van der Waals surface area contributed by atoms with Gasteiger partial charge in [0.1, 0.15) is 6.61 Å². The summed E-state index contributed by atoms with van der Waals surface area (Å²) in [6, 6.07) is 15.4. The van der Waals surface area contributed by atoms with E-state index in [1.807, 2.05) is 36.5 Å². The maximum Gasteiger partial charge on any atom is 0.338 e. The van der Waals surface area contributed by atoms with Crippen LogP contribution in [0.1, 0.15) is 28.8 Å². The molecule has 1 aromatic heterocycles. The van der Waals surface area contributed by atoms with Gasteiger partial charge < -0.3 is 4.74 Å². The summed E-state index contributed by atoms with van der Waals surface area (Å²) in [5, 5.41) is 4.17. The van der Waals surface area contributed by atoms with Crippen molar-refractivity contribution in [1.82, 2.24) is 14.1 Å². The van der Waals surface area contributed by atoms with E-state index < -0.39 is 16.0 Å². The molecule has 2 aromatic carbocycles. The number of hydrogen-bond donors (Lipinski definition) is 0. The van der Waals surface area contributed by atoms with Crippen LogP contribution in [0.4, 0.5) is 0 Å². The van der Waals surface area contributed by atoms with Crippen LogP contribution in [0.3, 0.4) is 0 Å². The monoisotopic (exact) mass is 411 g/mol. The number of sulfonamides is 1. The Morgan fingerprint density at radius 1 is 1.03 bits per heavy atom. The summed E-state index contributed by atoms with van der Waals surface area (Å²) in [6.07, 6.45) is 5.27. The van der Waals surface area contributed by atoms with Gasteiger partial charge in [-0.2, -0.15) is 9.40 Å². The van der Waals surface area contributed by atoms with Crippen LogP contribution < -0.4 is 0 Å². The number of rotatable bonds is 6. The van der Waals surface area contributed by atoms with E-state index in [2.05, 4.69) is 5.10 Å². The molecule has 0 atom stereocenters. The second-order valence-corrected chi connectivity index (χ2v) is 8.77. The molecule has 0 saturated carbocycles. The molecule has 0 amide bonds. The highest BCUT2D eigenvalue weighted by Gasteiger charge is 2.27. The second kappa shape index (κ2) is 8.18. The molecule has 3 aromatic rings. The third kappa shape index (κ3) is 4.23. The minimum Gasteiger partial charge on any atom is -0.457 e. The van der Waals surface area contributed by atoms with E-state index in [-0.39, 0.29) is 17.1 Å². The molecule has 1 saturated heterocycles. The first-order valence-electron chi connectivity index (χ1n) is 9.40. The normalized spacial score (nSPS) is 14.8. The molecule has 8 heteroatoms. The van der Waals surface area contributed by atoms with Crippen LogP contribution in [0, 0.1) is 0 Å². The molecule has 1 aliphatic rings. The van der Waals surface area contributed by atoms with Crippen molar-refractivity contribution < 1.29 is 17.9 Å². The predicted octanol–water partition coefficient (Wildman–Crippen LogP) is 3.01. The Kier molecular flexibility index (Phi) is 5.46. The molecule has 0 unspecified atom stereocenters. The number of aromatic nitrogens is 2. The van der Waals surface area contributed by atoms with E-state index in [0.717, 1.165) is 24.1 Å². The quantitative estimate of drug-likeness (QED) is 0.583. The Bertz CT molecular complexity index is 1090. The van der Waals surface area contributed by atoms with E-state index in [0.29, 0.717) is 13.1 Å². The Morgan fingerprint density at radius 2 is 1.79 bits per heavy atom. The summed E-state index contributed by atoms with van der Waals surface area (Å²) in [7, 11) is -3.57. The lowest BCUT2D eigenvalue weighted by atomic mass is 10.2. The fourth-order valence-electron chi connectivity index (χ4n) is 3.26. The fraction of sp³-hybridized carbons (Fsp3) is 0.238. The maximum absolute atomic E-state index is 12.7. The topological polar surface area (TPSA) is 81.5 Å². The molecule has 4 rings (SSSR count). The van der Waals surface area contributed by atoms with Crippen molar-refractivity contribution in [3.05, 3.63) is 78.1 Å². The Balaban J connectivity index is 1.42. The minimum atomic E-state index is -3.57. The molecular formula is C21H21N3O4S. The summed E-state index contributed by atoms with van der Waals surface area (Å²) in [5.41, 5.74) is 1.96. The van der Waals surface area contributed by atoms with Crippen LogP contribution in [0.5, 0.6) is 0 Å². The van der Waals surface area contributed by atoms with Crippen LogP contribution in [0.2, 0.25) is 0 Å². The average Bonchev–Trinajstić information content (AvgIpc) is 3.47. The largest absolute Gasteiger partial charge is 0.457 e. The number of benzene rings is 2. The van der Waals surface area contributed by atoms with E-state index in [9.17, 15) is 13.2 Å². The number of carbonyl (C=O) groups excluding carboxylic acids is 1. The number of nitrogens with zero attached hydrogens (tertiary/aromatic N) is 3. The number of hydrogen-bond acceptors (Lipinski definition) is 5. The van der Waals surface area contributed by atoms with Gasteiger partial charge in [0.25, 0.3) is 0 Å². The van der Waals surface area contributed by atoms with Crippen molar-refractivity contribution >= 4 is 16.0 Å². The van der Waals surface area contributed by atoms with Crippen molar-refractivity contribution in [3.8, 4) is 5.69 Å². The highest BCUT2D eigenvalue weighted by atomic mass is 32.2. The molecule has 1 fully saturated rings. The van der Waals surface area contributed by atoms with Gasteiger partial charge in [0.05, 0.1) is 16.1 Å². The average molecular weight is 411 g/mol. The molecule has 29 heavy (non-hydrogen) atoms. The van der Waals surface area contributed by atoms with Crippen molar-refractivity contribution in [2.24, 2.45) is 0 Å². The molecule has 2 heterocycles. The minimum absolute atomic E-state index is 0.0985. The zero-order valence-electron chi connectivity index (χ0n) is 15.8. The lowest BCUT2D eigenvalue weighted by Gasteiger charge is -2.15. The Morgan fingerprint density at radius 3 is 2.48 bits per heavy atom. The lowest BCUT2D eigenvalue weighted by Crippen LogP contribution is -2.28. The van der Waals surface area contributed by atoms with Gasteiger partial charge in [-0.3, -0.25) is 0 Å². The van der Waals surface area contributed by atoms with Gasteiger partial charge in [-0.15, -0.1) is 0 Å². The Hall–Kier alpha value is -2.97. The highest BCUT2D eigenvalue weighted by molar-refractivity contribution is 7.89. The van der Waals surface area contributed by atoms with Crippen LogP contribution >= 0.6 is 0 Å². The van der Waals surface area contributed by atoms with Crippen LogP contribution in [-0.2, 0) is 21.4 Å². The first-order valence-corrected chi connectivity index (χ1v) is 10.8. The number of carbonyl (C=O) groups is 1. The van der Waals surface area contributed by atoms with E-state index in [1.54, 1.807) is 23.0 Å². The molecule has 7 nitrogen and oxygen atoms in total. The molecule has 0 radical (unpaired) electrons. The van der Waals surface area contributed by atoms with Crippen molar-refractivity contribution in [1.29, 1.82) is 0 Å². The zero-order valence-corrected chi connectivity index (χ0v) is 16.6. The molecule has 0 bridgehead atoms. The van der Waals surface area contributed by atoms with Crippen LogP contribution in [-0.4, -0.2) is 41.6 Å². The SMILES string of the molecule is O=C(OCc1ccc(-n2cccn2)cc1)c1cccc(S(=O)(=O)N2CCCC2)c1. The molecule has 0 aliphatic carbocycles. The summed E-state index contributed by atoms with van der Waals surface area (Å²) < 4.78 is 33.9. The maximum atomic E-state index is 12.7. The molecule has 1 aliphatic heterocycles. The number of esters is 1. The van der Waals surface area contributed by atoms with Gasteiger partial charge in [-0.1, -0.05) is 18.2 Å². The predicted molar refractivity (Wildman–Crippen MR) is 107 cm³/mol. The summed E-state index contributed by atoms with van der Waals surface area (Å²) in [5.74, 6) is -0.556. The van der Waals surface area contributed by atoms with Crippen molar-refractivity contribution in [2.45, 2.75) is 24.3 Å². The zero-order chi connectivity index (χ0) is 20.3. The molecule has 150 valence electrons. The third-order valence-electron chi connectivity index (χ3n) is 4.85. The lowest BCUT2D eigenvalue weighted by molar-refractivity contribution is 0.0472. The smallest absolute Gasteiger partial charge is 0.338 e. The van der Waals surface area contributed by atoms with Gasteiger partial charge in [0.15, 0.2) is 0 Å². The van der Waals surface area contributed by atoms with Crippen molar-refractivity contribution in [2.75, 3.05) is 13.1 Å². The van der Waals surface area contributed by atoms with E-state index >= 15 is 0 Å². The van der Waals surface area contributed by atoms with Gasteiger partial charge in [0, 0.05) is 25.5 Å². The summed E-state index contributed by atoms with van der Waals surface area (Å²) in [6.45, 7) is 1.14. The third-order valence-corrected chi connectivity index (χ3v) is 6.74. The first kappa shape index (κ1) is 19.4. The van der Waals surface area contributed by atoms with Gasteiger partial charge in [-0.05, 0) is 54.8 Å². The molecule has 0 N–H and O–H groups in total. The van der Waals surface area contributed by atoms with Gasteiger partial charge in [0.2, 0.25) is 10.0 Å². The van der Waals surface area contributed by atoms with E-state index in [1.165, 1.54) is 16.4 Å². The summed E-state index contributed by atoms with van der Waals surface area (Å²) >= 11 is 0. The van der Waals surface area contributed by atoms with Crippen LogP contribution in [0.25, 0.3) is 5.69 Å². The summed E-state index contributed by atoms with van der Waals surface area (Å²) in [4.78, 5) is 12.6. The first-order chi connectivity index (χ1) is 14.0. The highest BCUT2D eigenvalue weighted by Crippen LogP contribution is 2.22. The van der Waals surface area contributed by atoms with Gasteiger partial charge in [-0.25, -0.2) is 17.9 Å². The molecule has 0 spiro atoms. The Labute approximate surface area is 169 Å². The number of ether oxygens (including phenoxy) is 1.